The molecule has 0 spiro atoms. The minimum absolute atomic E-state index is 0.141. The summed E-state index contributed by atoms with van der Waals surface area (Å²) < 4.78 is 92.7. The fourth-order valence-electron chi connectivity index (χ4n) is 3.24. The van der Waals surface area contributed by atoms with Crippen molar-refractivity contribution in [3.8, 4) is 11.3 Å². The molecule has 0 aliphatic rings. The van der Waals surface area contributed by atoms with Crippen LogP contribution in [0.3, 0.4) is 0 Å². The molecule has 1 heterocycles. The summed E-state index contributed by atoms with van der Waals surface area (Å²) in [6.07, 6.45) is -3.89. The Kier molecular flexibility index (Phi) is 7.44. The van der Waals surface area contributed by atoms with Crippen LogP contribution in [-0.4, -0.2) is 25.6 Å². The second-order valence-corrected chi connectivity index (χ2v) is 9.48. The summed E-state index contributed by atoms with van der Waals surface area (Å²) in [4.78, 5) is 16.2. The van der Waals surface area contributed by atoms with Crippen molar-refractivity contribution < 1.29 is 35.2 Å². The molecule has 3 aromatic rings. The molecule has 0 aliphatic carbocycles. The number of sulfonamides is 1. The number of halogens is 5. The van der Waals surface area contributed by atoms with E-state index in [-0.39, 0.29) is 34.6 Å². The highest BCUT2D eigenvalue weighted by molar-refractivity contribution is 7.92. The van der Waals surface area contributed by atoms with Crippen molar-refractivity contribution in [3.05, 3.63) is 83.1 Å². The minimum atomic E-state index is -4.75. The number of anilines is 1. The molecule has 0 aliphatic heterocycles. The Labute approximate surface area is 198 Å². The van der Waals surface area contributed by atoms with Gasteiger partial charge < -0.3 is 5.32 Å². The zero-order chi connectivity index (χ0) is 26.0. The molecule has 1 amide bonds. The first-order valence-corrected chi connectivity index (χ1v) is 12.0. The van der Waals surface area contributed by atoms with Crippen LogP contribution in [0.25, 0.3) is 11.3 Å². The van der Waals surface area contributed by atoms with Crippen molar-refractivity contribution in [2.75, 3.05) is 11.0 Å². The highest BCUT2D eigenvalue weighted by Crippen LogP contribution is 2.32. The summed E-state index contributed by atoms with van der Waals surface area (Å²) in [5, 5.41) is 2.54. The monoisotopic (exact) mass is 513 g/mol. The van der Waals surface area contributed by atoms with E-state index in [0.29, 0.717) is 0 Å². The summed E-state index contributed by atoms with van der Waals surface area (Å²) in [6.45, 7) is 1.20. The molecule has 12 heteroatoms. The van der Waals surface area contributed by atoms with E-state index in [2.05, 4.69) is 10.3 Å². The number of hydrogen-bond donors (Lipinski definition) is 2. The summed E-state index contributed by atoms with van der Waals surface area (Å²) >= 11 is 0. The summed E-state index contributed by atoms with van der Waals surface area (Å²) in [6, 6.07) is 10.6. The zero-order valence-electron chi connectivity index (χ0n) is 18.5. The second kappa shape index (κ2) is 9.98. The number of carbonyl (C=O) groups excluding carboxylic acids is 1. The van der Waals surface area contributed by atoms with Crippen molar-refractivity contribution in [2.45, 2.75) is 25.6 Å². The molecule has 0 saturated heterocycles. The van der Waals surface area contributed by atoms with Gasteiger partial charge in [0.1, 0.15) is 17.3 Å². The van der Waals surface area contributed by atoms with Crippen LogP contribution in [-0.2, 0) is 27.5 Å². The van der Waals surface area contributed by atoms with Gasteiger partial charge in [0, 0.05) is 12.1 Å². The average molecular weight is 513 g/mol. The Morgan fingerprint density at radius 1 is 1.03 bits per heavy atom. The number of benzene rings is 2. The average Bonchev–Trinajstić information content (AvgIpc) is 2.77. The predicted molar refractivity (Wildman–Crippen MR) is 120 cm³/mol. The lowest BCUT2D eigenvalue weighted by atomic mass is 9.99. The van der Waals surface area contributed by atoms with E-state index in [4.69, 9.17) is 0 Å². The van der Waals surface area contributed by atoms with E-state index < -0.39 is 45.4 Å². The normalized spacial score (nSPS) is 12.8. The molecule has 1 unspecified atom stereocenters. The number of hydrogen-bond acceptors (Lipinski definition) is 4. The quantitative estimate of drug-likeness (QED) is 0.443. The number of rotatable bonds is 7. The Morgan fingerprint density at radius 3 is 2.31 bits per heavy atom. The minimum Gasteiger partial charge on any atom is -0.351 e. The first-order valence-electron chi connectivity index (χ1n) is 10.1. The fraction of sp³-hybridized carbons (Fsp3) is 0.217. The standard InChI is InChI=1S/C23H20F5N3O3S/c1-13(14-7-9-19(18(25)11-14)31-35(2,33)34)22(32)29-12-15-8-10-20(23(26,27)28)30-21(15)16-5-3-4-6-17(16)24/h3-11,13,31H,12H2,1-2H3,(H,29,32). The van der Waals surface area contributed by atoms with Gasteiger partial charge in [-0.15, -0.1) is 0 Å². The van der Waals surface area contributed by atoms with Crippen LogP contribution < -0.4 is 10.0 Å². The van der Waals surface area contributed by atoms with Gasteiger partial charge in [0.2, 0.25) is 15.9 Å². The number of carbonyl (C=O) groups is 1. The van der Waals surface area contributed by atoms with Crippen LogP contribution in [0, 0.1) is 11.6 Å². The maximum absolute atomic E-state index is 14.3. The molecule has 35 heavy (non-hydrogen) atoms. The van der Waals surface area contributed by atoms with Crippen molar-refractivity contribution in [1.82, 2.24) is 10.3 Å². The number of amides is 1. The molecule has 1 aromatic heterocycles. The zero-order valence-corrected chi connectivity index (χ0v) is 19.3. The van der Waals surface area contributed by atoms with E-state index in [0.717, 1.165) is 30.5 Å². The SMILES string of the molecule is CC(C(=O)NCc1ccc(C(F)(F)F)nc1-c1ccccc1F)c1ccc(NS(C)(=O)=O)c(F)c1. The third-order valence-electron chi connectivity index (χ3n) is 5.03. The van der Waals surface area contributed by atoms with Gasteiger partial charge in [-0.25, -0.2) is 22.2 Å². The van der Waals surface area contributed by atoms with E-state index in [1.54, 1.807) is 0 Å². The second-order valence-electron chi connectivity index (χ2n) is 7.73. The van der Waals surface area contributed by atoms with Crippen LogP contribution in [0.2, 0.25) is 0 Å². The van der Waals surface area contributed by atoms with Crippen LogP contribution in [0.1, 0.15) is 29.7 Å². The van der Waals surface area contributed by atoms with Gasteiger partial charge in [-0.1, -0.05) is 24.3 Å². The molecular formula is C23H20F5N3O3S. The van der Waals surface area contributed by atoms with Crippen LogP contribution in [0.15, 0.2) is 54.6 Å². The number of pyridine rings is 1. The largest absolute Gasteiger partial charge is 0.433 e. The Bertz CT molecular complexity index is 1360. The molecule has 6 nitrogen and oxygen atoms in total. The maximum atomic E-state index is 14.3. The first kappa shape index (κ1) is 26.1. The Balaban J connectivity index is 1.83. The predicted octanol–water partition coefficient (Wildman–Crippen LogP) is 4.84. The smallest absolute Gasteiger partial charge is 0.351 e. The fourth-order valence-corrected chi connectivity index (χ4v) is 3.81. The van der Waals surface area contributed by atoms with Gasteiger partial charge in [0.05, 0.1) is 23.6 Å². The highest BCUT2D eigenvalue weighted by atomic mass is 32.2. The van der Waals surface area contributed by atoms with Gasteiger partial charge in [0.25, 0.3) is 0 Å². The number of alkyl halides is 3. The molecule has 2 N–H and O–H groups in total. The van der Waals surface area contributed by atoms with Crippen LogP contribution >= 0.6 is 0 Å². The van der Waals surface area contributed by atoms with Crippen molar-refractivity contribution in [3.63, 3.8) is 0 Å². The van der Waals surface area contributed by atoms with E-state index >= 15 is 0 Å². The summed E-state index contributed by atoms with van der Waals surface area (Å²) in [5.41, 5.74) is -1.55. The van der Waals surface area contributed by atoms with Gasteiger partial charge >= 0.3 is 6.18 Å². The molecular weight excluding hydrogens is 493 g/mol. The maximum Gasteiger partial charge on any atom is 0.433 e. The number of nitrogens with zero attached hydrogens (tertiary/aromatic N) is 1. The molecule has 1 atom stereocenters. The summed E-state index contributed by atoms with van der Waals surface area (Å²) in [5.74, 6) is -3.15. The van der Waals surface area contributed by atoms with E-state index in [1.165, 1.54) is 37.3 Å². The van der Waals surface area contributed by atoms with E-state index in [9.17, 15) is 35.2 Å². The molecule has 2 aromatic carbocycles. The Hall–Kier alpha value is -3.54. The molecule has 186 valence electrons. The third-order valence-corrected chi connectivity index (χ3v) is 5.62. The van der Waals surface area contributed by atoms with E-state index in [1.807, 2.05) is 4.72 Å². The highest BCUT2D eigenvalue weighted by Gasteiger charge is 2.33. The lowest BCUT2D eigenvalue weighted by molar-refractivity contribution is -0.141. The summed E-state index contributed by atoms with van der Waals surface area (Å²) in [7, 11) is -3.70. The van der Waals surface area contributed by atoms with Crippen LogP contribution in [0.5, 0.6) is 0 Å². The number of aromatic nitrogens is 1. The van der Waals surface area contributed by atoms with Gasteiger partial charge in [-0.2, -0.15) is 13.2 Å². The molecule has 0 saturated carbocycles. The van der Waals surface area contributed by atoms with Crippen molar-refractivity contribution in [1.29, 1.82) is 0 Å². The molecule has 3 rings (SSSR count). The lowest BCUT2D eigenvalue weighted by Crippen LogP contribution is -2.28. The molecule has 0 fully saturated rings. The van der Waals surface area contributed by atoms with Gasteiger partial charge in [-0.3, -0.25) is 9.52 Å². The first-order chi connectivity index (χ1) is 16.3. The van der Waals surface area contributed by atoms with Gasteiger partial charge in [0.15, 0.2) is 0 Å². The van der Waals surface area contributed by atoms with Crippen molar-refractivity contribution >= 4 is 21.6 Å². The molecule has 0 bridgehead atoms. The van der Waals surface area contributed by atoms with Crippen molar-refractivity contribution in [2.24, 2.45) is 0 Å². The van der Waals surface area contributed by atoms with Crippen LogP contribution in [0.4, 0.5) is 27.6 Å². The molecule has 0 radical (unpaired) electrons. The topological polar surface area (TPSA) is 88.2 Å². The lowest BCUT2D eigenvalue weighted by Gasteiger charge is -2.16. The van der Waals surface area contributed by atoms with Gasteiger partial charge in [-0.05, 0) is 48.4 Å². The third kappa shape index (κ3) is 6.53. The Morgan fingerprint density at radius 2 is 1.71 bits per heavy atom. The number of nitrogens with one attached hydrogen (secondary N) is 2.